The van der Waals surface area contributed by atoms with Gasteiger partial charge in [0.1, 0.15) is 5.75 Å². The largest absolute Gasteiger partial charge is 0.475 e. The van der Waals surface area contributed by atoms with E-state index in [1.807, 2.05) is 30.3 Å². The highest BCUT2D eigenvalue weighted by molar-refractivity contribution is 9.10. The van der Waals surface area contributed by atoms with Gasteiger partial charge in [-0.2, -0.15) is 0 Å². The van der Waals surface area contributed by atoms with Gasteiger partial charge in [0.2, 0.25) is 6.10 Å². The van der Waals surface area contributed by atoms with Crippen molar-refractivity contribution in [2.24, 2.45) is 0 Å². The molecular formula is C18H18BrNO4. The van der Waals surface area contributed by atoms with Gasteiger partial charge in [-0.15, -0.1) is 0 Å². The van der Waals surface area contributed by atoms with Crippen LogP contribution in [0.25, 0.3) is 0 Å². The molecule has 5 nitrogen and oxygen atoms in total. The topological polar surface area (TPSA) is 55.8 Å². The van der Waals surface area contributed by atoms with E-state index in [9.17, 15) is 9.59 Å². The van der Waals surface area contributed by atoms with E-state index in [1.54, 1.807) is 32.3 Å². The minimum Gasteiger partial charge on any atom is -0.475 e. The lowest BCUT2D eigenvalue weighted by molar-refractivity contribution is -0.136. The summed E-state index contributed by atoms with van der Waals surface area (Å²) < 4.78 is 11.2. The molecule has 0 saturated heterocycles. The number of ether oxygens (including phenoxy) is 2. The molecule has 6 heteroatoms. The molecule has 0 bridgehead atoms. The Labute approximate surface area is 149 Å². The lowest BCUT2D eigenvalue weighted by Gasteiger charge is -2.23. The molecule has 0 heterocycles. The maximum Gasteiger partial charge on any atom is 0.337 e. The summed E-state index contributed by atoms with van der Waals surface area (Å²) >= 11 is 3.37. The molecule has 24 heavy (non-hydrogen) atoms. The number of nitrogens with zero attached hydrogens (tertiary/aromatic N) is 1. The van der Waals surface area contributed by atoms with Gasteiger partial charge < -0.3 is 14.4 Å². The summed E-state index contributed by atoms with van der Waals surface area (Å²) in [6.45, 7) is 0. The van der Waals surface area contributed by atoms with Crippen molar-refractivity contribution in [3.8, 4) is 5.75 Å². The highest BCUT2D eigenvalue weighted by Gasteiger charge is 2.25. The number of amides is 1. The normalized spacial score (nSPS) is 11.5. The molecule has 126 valence electrons. The van der Waals surface area contributed by atoms with E-state index in [-0.39, 0.29) is 5.91 Å². The predicted molar refractivity (Wildman–Crippen MR) is 94.0 cm³/mol. The number of rotatable bonds is 5. The molecular weight excluding hydrogens is 374 g/mol. The number of methoxy groups -OCH3 is 1. The van der Waals surface area contributed by atoms with Crippen molar-refractivity contribution in [3.05, 3.63) is 64.1 Å². The average Bonchev–Trinajstić information content (AvgIpc) is 2.60. The van der Waals surface area contributed by atoms with Gasteiger partial charge in [0.05, 0.1) is 17.1 Å². The molecule has 0 aliphatic heterocycles. The molecule has 0 fully saturated rings. The zero-order chi connectivity index (χ0) is 17.7. The quantitative estimate of drug-likeness (QED) is 0.732. The van der Waals surface area contributed by atoms with Crippen molar-refractivity contribution < 1.29 is 19.1 Å². The molecule has 0 aliphatic carbocycles. The third-order valence-electron chi connectivity index (χ3n) is 3.37. The molecule has 2 aromatic rings. The lowest BCUT2D eigenvalue weighted by atomic mass is 10.1. The van der Waals surface area contributed by atoms with Crippen molar-refractivity contribution >= 4 is 27.8 Å². The van der Waals surface area contributed by atoms with Crippen molar-refractivity contribution in [1.82, 2.24) is 4.90 Å². The Hall–Kier alpha value is -2.34. The third-order valence-corrected chi connectivity index (χ3v) is 3.98. The van der Waals surface area contributed by atoms with Gasteiger partial charge >= 0.3 is 5.97 Å². The van der Waals surface area contributed by atoms with Crippen LogP contribution in [0.2, 0.25) is 0 Å². The van der Waals surface area contributed by atoms with Crippen LogP contribution in [0.5, 0.6) is 5.75 Å². The number of esters is 1. The van der Waals surface area contributed by atoms with Gasteiger partial charge in [-0.1, -0.05) is 30.3 Å². The Bertz CT molecular complexity index is 731. The van der Waals surface area contributed by atoms with Crippen LogP contribution in [0.3, 0.4) is 0 Å². The second-order valence-electron chi connectivity index (χ2n) is 5.28. The molecule has 0 aliphatic rings. The Morgan fingerprint density at radius 2 is 1.75 bits per heavy atom. The summed E-state index contributed by atoms with van der Waals surface area (Å²) in [5.41, 5.74) is 1.15. The molecule has 2 rings (SSSR count). The summed E-state index contributed by atoms with van der Waals surface area (Å²) in [7, 11) is 4.68. The van der Waals surface area contributed by atoms with E-state index in [4.69, 9.17) is 4.74 Å². The minimum absolute atomic E-state index is 0.176. The zero-order valence-electron chi connectivity index (χ0n) is 13.7. The van der Waals surface area contributed by atoms with Crippen LogP contribution in [-0.2, 0) is 9.53 Å². The van der Waals surface area contributed by atoms with Crippen LogP contribution in [0.1, 0.15) is 22.0 Å². The van der Waals surface area contributed by atoms with Crippen molar-refractivity contribution in [2.45, 2.75) is 6.10 Å². The third kappa shape index (κ3) is 4.14. The smallest absolute Gasteiger partial charge is 0.337 e. The lowest BCUT2D eigenvalue weighted by Crippen LogP contribution is -2.31. The predicted octanol–water partition coefficient (Wildman–Crippen LogP) is 3.44. The average molecular weight is 392 g/mol. The molecule has 0 spiro atoms. The summed E-state index contributed by atoms with van der Waals surface area (Å²) in [6, 6.07) is 14.1. The first-order valence-electron chi connectivity index (χ1n) is 7.24. The van der Waals surface area contributed by atoms with Gasteiger partial charge in [-0.25, -0.2) is 4.79 Å². The summed E-state index contributed by atoms with van der Waals surface area (Å²) in [6.07, 6.45) is -0.776. The Kier molecular flexibility index (Phi) is 5.98. The van der Waals surface area contributed by atoms with E-state index in [1.165, 1.54) is 12.0 Å². The monoisotopic (exact) mass is 391 g/mol. The van der Waals surface area contributed by atoms with Gasteiger partial charge in [-0.05, 0) is 34.1 Å². The summed E-state index contributed by atoms with van der Waals surface area (Å²) in [5, 5.41) is 0. The van der Waals surface area contributed by atoms with E-state index in [0.29, 0.717) is 15.8 Å². The fourth-order valence-corrected chi connectivity index (χ4v) is 2.56. The Balaban J connectivity index is 2.33. The number of halogens is 1. The molecule has 1 atom stereocenters. The summed E-state index contributed by atoms with van der Waals surface area (Å²) in [5.74, 6) is -0.150. The first-order chi connectivity index (χ1) is 11.4. The molecule has 0 saturated carbocycles. The van der Waals surface area contributed by atoms with Gasteiger partial charge in [0.25, 0.3) is 5.91 Å². The van der Waals surface area contributed by atoms with Crippen LogP contribution in [0.15, 0.2) is 53.0 Å². The number of hydrogen-bond acceptors (Lipinski definition) is 4. The number of carbonyl (C=O) groups is 2. The van der Waals surface area contributed by atoms with Crippen molar-refractivity contribution in [3.63, 3.8) is 0 Å². The molecule has 0 N–H and O–H groups in total. The second kappa shape index (κ2) is 7.97. The van der Waals surface area contributed by atoms with Crippen molar-refractivity contribution in [2.75, 3.05) is 21.2 Å². The maximum atomic E-state index is 12.5. The van der Waals surface area contributed by atoms with Gasteiger partial charge in [-0.3, -0.25) is 4.79 Å². The second-order valence-corrected chi connectivity index (χ2v) is 6.13. The SMILES string of the molecule is COC(=O)c1ccc(OC(C(=O)N(C)C)c2ccccc2)c(Br)c1. The number of hydrogen-bond donors (Lipinski definition) is 0. The number of benzene rings is 2. The fourth-order valence-electron chi connectivity index (χ4n) is 2.09. The summed E-state index contributed by atoms with van der Waals surface area (Å²) in [4.78, 5) is 25.5. The van der Waals surface area contributed by atoms with Crippen LogP contribution >= 0.6 is 15.9 Å². The van der Waals surface area contributed by atoms with Gasteiger partial charge in [0, 0.05) is 19.7 Å². The number of carbonyl (C=O) groups excluding carboxylic acids is 2. The van der Waals surface area contributed by atoms with E-state index < -0.39 is 12.1 Å². The first kappa shape index (κ1) is 18.0. The van der Waals surface area contributed by atoms with E-state index in [2.05, 4.69) is 20.7 Å². The fraction of sp³-hybridized carbons (Fsp3) is 0.222. The molecule has 0 radical (unpaired) electrons. The molecule has 0 aromatic heterocycles. The highest BCUT2D eigenvalue weighted by atomic mass is 79.9. The minimum atomic E-state index is -0.776. The molecule has 2 aromatic carbocycles. The first-order valence-corrected chi connectivity index (χ1v) is 8.04. The molecule has 1 unspecified atom stereocenters. The van der Waals surface area contributed by atoms with Crippen LogP contribution in [0, 0.1) is 0 Å². The van der Waals surface area contributed by atoms with Crippen LogP contribution < -0.4 is 4.74 Å². The molecule has 1 amide bonds. The zero-order valence-corrected chi connectivity index (χ0v) is 15.2. The van der Waals surface area contributed by atoms with E-state index in [0.717, 1.165) is 5.56 Å². The van der Waals surface area contributed by atoms with Crippen molar-refractivity contribution in [1.29, 1.82) is 0 Å². The Morgan fingerprint density at radius 3 is 2.29 bits per heavy atom. The Morgan fingerprint density at radius 1 is 1.08 bits per heavy atom. The van der Waals surface area contributed by atoms with Crippen LogP contribution in [-0.4, -0.2) is 38.0 Å². The maximum absolute atomic E-state index is 12.5. The van der Waals surface area contributed by atoms with E-state index >= 15 is 0 Å². The standard InChI is InChI=1S/C18H18BrNO4/c1-20(2)17(21)16(12-7-5-4-6-8-12)24-15-10-9-13(11-14(15)19)18(22)23-3/h4-11,16H,1-3H3. The highest BCUT2D eigenvalue weighted by Crippen LogP contribution is 2.31. The number of likely N-dealkylation sites (N-methyl/N-ethyl adjacent to an activating group) is 1. The van der Waals surface area contributed by atoms with Gasteiger partial charge in [0.15, 0.2) is 0 Å². The van der Waals surface area contributed by atoms with Crippen LogP contribution in [0.4, 0.5) is 0 Å².